The second-order valence-electron chi connectivity index (χ2n) is 7.12. The van der Waals surface area contributed by atoms with Gasteiger partial charge in [0.05, 0.1) is 26.3 Å². The summed E-state index contributed by atoms with van der Waals surface area (Å²) < 4.78 is 16.9. The molecule has 2 aromatic carbocycles. The van der Waals surface area contributed by atoms with Gasteiger partial charge in [-0.25, -0.2) is 0 Å². The first kappa shape index (κ1) is 14.9. The first-order chi connectivity index (χ1) is 12.0. The summed E-state index contributed by atoms with van der Waals surface area (Å²) in [4.78, 5) is 0. The highest BCUT2D eigenvalue weighted by molar-refractivity contribution is 5.67. The predicted molar refractivity (Wildman–Crippen MR) is 91.2 cm³/mol. The number of benzene rings is 2. The van der Waals surface area contributed by atoms with Crippen molar-refractivity contribution in [2.45, 2.75) is 18.6 Å². The van der Waals surface area contributed by atoms with Gasteiger partial charge in [-0.05, 0) is 23.8 Å². The molecule has 6 nitrogen and oxygen atoms in total. The van der Waals surface area contributed by atoms with Crippen molar-refractivity contribution in [3.8, 4) is 23.0 Å². The summed E-state index contributed by atoms with van der Waals surface area (Å²) in [5.41, 5.74) is 4.04. The van der Waals surface area contributed by atoms with E-state index in [1.807, 2.05) is 18.2 Å². The maximum Gasteiger partial charge on any atom is 0.231 e. The van der Waals surface area contributed by atoms with Crippen LogP contribution in [-0.4, -0.2) is 37.7 Å². The van der Waals surface area contributed by atoms with Gasteiger partial charge in [0.15, 0.2) is 29.0 Å². The highest BCUT2D eigenvalue weighted by Crippen LogP contribution is 2.58. The number of rotatable bonds is 1. The van der Waals surface area contributed by atoms with Gasteiger partial charge in [-0.1, -0.05) is 0 Å². The fraction of sp³-hybridized carbons (Fsp3) is 0.368. The van der Waals surface area contributed by atoms with E-state index in [9.17, 15) is 10.2 Å². The molecular weight excluding hydrogens is 322 g/mol. The maximum absolute atomic E-state index is 11.1. The number of phenols is 1. The van der Waals surface area contributed by atoms with Crippen LogP contribution < -0.4 is 18.7 Å². The van der Waals surface area contributed by atoms with Gasteiger partial charge in [-0.3, -0.25) is 4.48 Å². The minimum absolute atomic E-state index is 0.142. The summed E-state index contributed by atoms with van der Waals surface area (Å²) >= 11 is 0. The summed E-state index contributed by atoms with van der Waals surface area (Å²) in [6.45, 7) is 1.06. The Hall–Kier alpha value is -2.44. The third-order valence-corrected chi connectivity index (χ3v) is 5.91. The van der Waals surface area contributed by atoms with Crippen LogP contribution in [0.1, 0.15) is 28.8 Å². The molecule has 130 valence electrons. The Bertz CT molecular complexity index is 896. The molecule has 3 heterocycles. The molecule has 0 unspecified atom stereocenters. The zero-order valence-electron chi connectivity index (χ0n) is 14.2. The Morgan fingerprint density at radius 3 is 2.64 bits per heavy atom. The molecule has 3 aliphatic rings. The molecule has 5 rings (SSSR count). The number of quaternary nitrogens is 1. The molecule has 0 fully saturated rings. The lowest BCUT2D eigenvalue weighted by Crippen LogP contribution is -2.50. The fourth-order valence-electron chi connectivity index (χ4n) is 4.63. The van der Waals surface area contributed by atoms with Crippen molar-refractivity contribution in [3.05, 3.63) is 41.0 Å². The second-order valence-corrected chi connectivity index (χ2v) is 7.12. The number of nitrogens with zero attached hydrogens (tertiary/aromatic N) is 1. The number of aliphatic hydroxyl groups excluding tert-OH is 1. The second kappa shape index (κ2) is 4.80. The Morgan fingerprint density at radius 1 is 1.12 bits per heavy atom. The Kier molecular flexibility index (Phi) is 2.86. The first-order valence-corrected chi connectivity index (χ1v) is 8.40. The van der Waals surface area contributed by atoms with E-state index >= 15 is 0 Å². The average Bonchev–Trinajstić information content (AvgIpc) is 3.14. The van der Waals surface area contributed by atoms with Crippen molar-refractivity contribution in [2.24, 2.45) is 0 Å². The van der Waals surface area contributed by atoms with E-state index in [1.165, 1.54) is 7.11 Å². The van der Waals surface area contributed by atoms with Gasteiger partial charge < -0.3 is 24.4 Å². The van der Waals surface area contributed by atoms with Crippen LogP contribution in [0.15, 0.2) is 24.3 Å². The zero-order valence-corrected chi connectivity index (χ0v) is 14.2. The number of ether oxygens (including phenoxy) is 3. The number of hydrogen-bond donors (Lipinski definition) is 2. The number of hydrogen-bond acceptors (Lipinski definition) is 5. The minimum Gasteiger partial charge on any atom is -0.504 e. The lowest BCUT2D eigenvalue weighted by molar-refractivity contribution is 0.0849. The molecule has 0 bridgehead atoms. The van der Waals surface area contributed by atoms with Crippen molar-refractivity contribution in [3.63, 3.8) is 0 Å². The van der Waals surface area contributed by atoms with E-state index in [2.05, 4.69) is 7.05 Å². The highest BCUT2D eigenvalue weighted by atomic mass is 16.7. The van der Waals surface area contributed by atoms with Gasteiger partial charge in [-0.15, -0.1) is 0 Å². The number of aromatic hydroxyl groups is 1. The van der Waals surface area contributed by atoms with Crippen molar-refractivity contribution in [2.75, 3.05) is 27.5 Å². The SMILES string of the molecule is COc1cc2c(cc1O)CC[N@@+]1(C)c3cc4c(cc3[C@H](O)[C@@H]21)OCO4. The maximum atomic E-state index is 11.1. The third kappa shape index (κ3) is 1.81. The molecule has 0 saturated carbocycles. The molecule has 0 aromatic heterocycles. The van der Waals surface area contributed by atoms with Crippen LogP contribution in [0, 0.1) is 0 Å². The monoisotopic (exact) mass is 342 g/mol. The van der Waals surface area contributed by atoms with Crippen LogP contribution in [-0.2, 0) is 6.42 Å². The zero-order chi connectivity index (χ0) is 17.3. The van der Waals surface area contributed by atoms with Crippen LogP contribution in [0.3, 0.4) is 0 Å². The van der Waals surface area contributed by atoms with Gasteiger partial charge in [0.25, 0.3) is 0 Å². The minimum atomic E-state index is -0.650. The molecule has 25 heavy (non-hydrogen) atoms. The average molecular weight is 342 g/mol. The van der Waals surface area contributed by atoms with Crippen molar-refractivity contribution >= 4 is 5.69 Å². The largest absolute Gasteiger partial charge is 0.504 e. The van der Waals surface area contributed by atoms with Crippen LogP contribution >= 0.6 is 0 Å². The summed E-state index contributed by atoms with van der Waals surface area (Å²) in [6, 6.07) is 7.39. The number of methoxy groups -OCH3 is 1. The smallest absolute Gasteiger partial charge is 0.231 e. The number of aliphatic hydroxyl groups is 1. The molecule has 0 spiro atoms. The van der Waals surface area contributed by atoms with Crippen molar-refractivity contribution in [1.29, 1.82) is 0 Å². The predicted octanol–water partition coefficient (Wildman–Crippen LogP) is 2.41. The van der Waals surface area contributed by atoms with E-state index < -0.39 is 6.10 Å². The molecule has 0 aliphatic carbocycles. The summed E-state index contributed by atoms with van der Waals surface area (Å²) in [6.07, 6.45) is 0.170. The van der Waals surface area contributed by atoms with E-state index in [-0.39, 0.29) is 18.6 Å². The van der Waals surface area contributed by atoms with Gasteiger partial charge in [-0.2, -0.15) is 0 Å². The van der Waals surface area contributed by atoms with E-state index in [1.54, 1.807) is 6.07 Å². The number of likely N-dealkylation sites (N-methyl/N-ethyl adjacent to an activating group) is 1. The summed E-state index contributed by atoms with van der Waals surface area (Å²) in [5, 5.41) is 21.2. The quantitative estimate of drug-likeness (QED) is 0.779. The molecule has 0 saturated heterocycles. The van der Waals surface area contributed by atoms with Crippen LogP contribution in [0.4, 0.5) is 5.69 Å². The third-order valence-electron chi connectivity index (χ3n) is 5.91. The molecule has 2 N–H and O–H groups in total. The molecule has 3 atom stereocenters. The van der Waals surface area contributed by atoms with Crippen molar-refractivity contribution < 1.29 is 24.4 Å². The summed E-state index contributed by atoms with van der Waals surface area (Å²) in [7, 11) is 3.68. The lowest BCUT2D eigenvalue weighted by Gasteiger charge is -2.41. The van der Waals surface area contributed by atoms with Gasteiger partial charge in [0.2, 0.25) is 6.79 Å². The normalized spacial score (nSPS) is 28.3. The van der Waals surface area contributed by atoms with Gasteiger partial charge in [0, 0.05) is 18.1 Å². The van der Waals surface area contributed by atoms with Crippen LogP contribution in [0.2, 0.25) is 0 Å². The van der Waals surface area contributed by atoms with Gasteiger partial charge in [0.1, 0.15) is 11.8 Å². The van der Waals surface area contributed by atoms with E-state index in [4.69, 9.17) is 14.2 Å². The molecular formula is C19H20NO5+. The number of phenolic OH excluding ortho intramolecular Hbond substituents is 1. The van der Waals surface area contributed by atoms with Crippen LogP contribution in [0.5, 0.6) is 23.0 Å². The summed E-state index contributed by atoms with van der Waals surface area (Å²) in [5.74, 6) is 2.00. The molecule has 0 amide bonds. The topological polar surface area (TPSA) is 68.2 Å². The molecule has 2 aromatic rings. The molecule has 0 radical (unpaired) electrons. The van der Waals surface area contributed by atoms with Crippen molar-refractivity contribution in [1.82, 2.24) is 4.48 Å². The number of fused-ring (bicyclic) bond motifs is 6. The fourth-order valence-corrected chi connectivity index (χ4v) is 4.63. The molecule has 3 aliphatic heterocycles. The van der Waals surface area contributed by atoms with E-state index in [0.29, 0.717) is 16.0 Å². The van der Waals surface area contributed by atoms with Gasteiger partial charge >= 0.3 is 0 Å². The van der Waals surface area contributed by atoms with E-state index in [0.717, 1.165) is 41.1 Å². The Balaban J connectivity index is 1.71. The Labute approximate surface area is 145 Å². The molecule has 6 heteroatoms. The van der Waals surface area contributed by atoms with Crippen LogP contribution in [0.25, 0.3) is 0 Å². The lowest BCUT2D eigenvalue weighted by atomic mass is 9.88. The standard InChI is InChI=1S/C19H19NO5/c1-20-4-3-10-5-14(21)15(23-2)6-11(10)18(20)19(22)12-7-16-17(8-13(12)20)25-9-24-16/h5-8,18-19,22H,3-4,9H2,1-2H3/p+1/t18-,19+,20+/m1/s1. The highest BCUT2D eigenvalue weighted by Gasteiger charge is 2.54. The first-order valence-electron chi connectivity index (χ1n) is 8.40. The Morgan fingerprint density at radius 2 is 1.88 bits per heavy atom.